The molecule has 0 N–H and O–H groups in total. The van der Waals surface area contributed by atoms with Gasteiger partial charge in [0.15, 0.2) is 0 Å². The molecule has 7 nitrogen and oxygen atoms in total. The highest BCUT2D eigenvalue weighted by Crippen LogP contribution is 2.33. The molecular weight excluding hydrogens is 448 g/mol. The van der Waals surface area contributed by atoms with Gasteiger partial charge in [0.05, 0.1) is 17.3 Å². The molecule has 0 aliphatic carbocycles. The highest BCUT2D eigenvalue weighted by atomic mass is 32.2. The van der Waals surface area contributed by atoms with E-state index in [-0.39, 0.29) is 36.8 Å². The quantitative estimate of drug-likeness (QED) is 0.526. The lowest BCUT2D eigenvalue weighted by molar-refractivity contribution is 0.272. The fourth-order valence-corrected chi connectivity index (χ4v) is 7.09. The molecule has 0 saturated carbocycles. The predicted molar refractivity (Wildman–Crippen MR) is 125 cm³/mol. The molecule has 32 heavy (non-hydrogen) atoms. The molecule has 3 aromatic carbocycles. The Morgan fingerprint density at radius 3 is 2.00 bits per heavy atom. The molecule has 1 fully saturated rings. The van der Waals surface area contributed by atoms with Crippen LogP contribution in [0.2, 0.25) is 0 Å². The maximum absolute atomic E-state index is 13.4. The van der Waals surface area contributed by atoms with Crippen LogP contribution >= 0.6 is 0 Å². The number of fused-ring (bicyclic) bond motifs is 1. The summed E-state index contributed by atoms with van der Waals surface area (Å²) in [5.41, 5.74) is 0.711. The van der Waals surface area contributed by atoms with Crippen LogP contribution < -0.4 is 4.74 Å². The van der Waals surface area contributed by atoms with E-state index in [2.05, 4.69) is 0 Å². The molecule has 1 heterocycles. The minimum absolute atomic E-state index is 0.0931. The molecule has 3 aromatic rings. The second-order valence-corrected chi connectivity index (χ2v) is 11.5. The highest BCUT2D eigenvalue weighted by molar-refractivity contribution is 7.89. The van der Waals surface area contributed by atoms with Gasteiger partial charge in [-0.2, -0.15) is 8.61 Å². The molecule has 1 aliphatic rings. The van der Waals surface area contributed by atoms with Crippen molar-refractivity contribution in [3.8, 4) is 5.75 Å². The van der Waals surface area contributed by atoms with Crippen molar-refractivity contribution in [3.05, 3.63) is 72.3 Å². The van der Waals surface area contributed by atoms with Gasteiger partial charge in [-0.25, -0.2) is 16.8 Å². The standard InChI is InChI=1S/C23H26N2O5S2/c1-2-30-22-12-13-23(21-11-7-6-10-20(21)22)32(28,29)25-16-14-24(15-17-25)31(26,27)18-19-8-4-3-5-9-19/h3-13H,2,14-18H2,1H3. The summed E-state index contributed by atoms with van der Waals surface area (Å²) in [6, 6.07) is 19.5. The Balaban J connectivity index is 1.54. The van der Waals surface area contributed by atoms with Gasteiger partial charge in [0.1, 0.15) is 5.75 Å². The van der Waals surface area contributed by atoms with E-state index in [0.717, 1.165) is 5.39 Å². The average molecular weight is 475 g/mol. The van der Waals surface area contributed by atoms with Crippen molar-refractivity contribution < 1.29 is 21.6 Å². The van der Waals surface area contributed by atoms with Crippen LogP contribution in [0.3, 0.4) is 0 Å². The zero-order chi connectivity index (χ0) is 22.8. The summed E-state index contributed by atoms with van der Waals surface area (Å²) in [5, 5.41) is 1.33. The number of ether oxygens (including phenoxy) is 1. The smallest absolute Gasteiger partial charge is 0.243 e. The molecule has 0 radical (unpaired) electrons. The van der Waals surface area contributed by atoms with Crippen molar-refractivity contribution in [2.75, 3.05) is 32.8 Å². The lowest BCUT2D eigenvalue weighted by Gasteiger charge is -2.33. The average Bonchev–Trinajstić information content (AvgIpc) is 2.80. The molecule has 0 atom stereocenters. The summed E-state index contributed by atoms with van der Waals surface area (Å²) in [7, 11) is -7.31. The van der Waals surface area contributed by atoms with E-state index in [4.69, 9.17) is 4.74 Å². The maximum atomic E-state index is 13.4. The van der Waals surface area contributed by atoms with E-state index < -0.39 is 20.0 Å². The minimum Gasteiger partial charge on any atom is -0.493 e. The maximum Gasteiger partial charge on any atom is 0.243 e. The zero-order valence-corrected chi connectivity index (χ0v) is 19.5. The molecule has 1 saturated heterocycles. The molecule has 0 bridgehead atoms. The van der Waals surface area contributed by atoms with Gasteiger partial charge in [0.2, 0.25) is 20.0 Å². The van der Waals surface area contributed by atoms with Crippen molar-refractivity contribution in [1.29, 1.82) is 0 Å². The van der Waals surface area contributed by atoms with Crippen LogP contribution in [0.5, 0.6) is 5.75 Å². The molecule has 9 heteroatoms. The number of piperazine rings is 1. The molecule has 0 aromatic heterocycles. The Morgan fingerprint density at radius 1 is 0.750 bits per heavy atom. The number of benzene rings is 3. The third-order valence-corrected chi connectivity index (χ3v) is 9.35. The zero-order valence-electron chi connectivity index (χ0n) is 17.8. The summed E-state index contributed by atoms with van der Waals surface area (Å²) in [6.07, 6.45) is 0. The Morgan fingerprint density at radius 2 is 1.34 bits per heavy atom. The van der Waals surface area contributed by atoms with Crippen molar-refractivity contribution in [2.45, 2.75) is 17.6 Å². The lowest BCUT2D eigenvalue weighted by atomic mass is 10.1. The first-order valence-corrected chi connectivity index (χ1v) is 13.5. The van der Waals surface area contributed by atoms with Crippen LogP contribution in [0.15, 0.2) is 71.6 Å². The van der Waals surface area contributed by atoms with Gasteiger partial charge in [-0.15, -0.1) is 0 Å². The lowest BCUT2D eigenvalue weighted by Crippen LogP contribution is -2.50. The van der Waals surface area contributed by atoms with E-state index in [1.807, 2.05) is 25.1 Å². The SMILES string of the molecule is CCOc1ccc(S(=O)(=O)N2CCN(S(=O)(=O)Cc3ccccc3)CC2)c2ccccc12. The van der Waals surface area contributed by atoms with Gasteiger partial charge in [-0.3, -0.25) is 0 Å². The summed E-state index contributed by atoms with van der Waals surface area (Å²) >= 11 is 0. The molecular formula is C23H26N2O5S2. The molecule has 0 spiro atoms. The largest absolute Gasteiger partial charge is 0.493 e. The van der Waals surface area contributed by atoms with E-state index in [0.29, 0.717) is 23.3 Å². The number of hydrogen-bond acceptors (Lipinski definition) is 5. The second kappa shape index (κ2) is 9.19. The predicted octanol–water partition coefficient (Wildman–Crippen LogP) is 3.07. The first kappa shape index (κ1) is 22.7. The Bertz CT molecular complexity index is 1300. The molecule has 4 rings (SSSR count). The second-order valence-electron chi connectivity index (χ2n) is 7.59. The normalized spacial score (nSPS) is 16.3. The van der Waals surface area contributed by atoms with Gasteiger partial charge in [-0.1, -0.05) is 54.6 Å². The first-order valence-electron chi connectivity index (χ1n) is 10.5. The van der Waals surface area contributed by atoms with Gasteiger partial charge >= 0.3 is 0 Å². The Labute approximate surface area is 189 Å². The molecule has 170 valence electrons. The summed E-state index contributed by atoms with van der Waals surface area (Å²) in [4.78, 5) is 0.206. The number of nitrogens with zero attached hydrogens (tertiary/aromatic N) is 2. The van der Waals surface area contributed by atoms with Crippen LogP contribution in [-0.2, 0) is 25.8 Å². The molecule has 1 aliphatic heterocycles. The monoisotopic (exact) mass is 474 g/mol. The van der Waals surface area contributed by atoms with Crippen LogP contribution in [-0.4, -0.2) is 58.2 Å². The Hall–Kier alpha value is -2.46. The third-order valence-electron chi connectivity index (χ3n) is 5.54. The number of rotatable bonds is 7. The fourth-order valence-electron chi connectivity index (χ4n) is 3.95. The minimum atomic E-state index is -3.79. The summed E-state index contributed by atoms with van der Waals surface area (Å²) in [6.45, 7) is 2.84. The van der Waals surface area contributed by atoms with E-state index in [1.54, 1.807) is 48.5 Å². The van der Waals surface area contributed by atoms with Crippen LogP contribution in [0, 0.1) is 0 Å². The van der Waals surface area contributed by atoms with Crippen molar-refractivity contribution in [1.82, 2.24) is 8.61 Å². The van der Waals surface area contributed by atoms with Crippen molar-refractivity contribution in [2.24, 2.45) is 0 Å². The summed E-state index contributed by atoms with van der Waals surface area (Å²) < 4.78 is 60.9. The van der Waals surface area contributed by atoms with E-state index in [9.17, 15) is 16.8 Å². The van der Waals surface area contributed by atoms with Crippen LogP contribution in [0.1, 0.15) is 12.5 Å². The van der Waals surface area contributed by atoms with Crippen molar-refractivity contribution in [3.63, 3.8) is 0 Å². The van der Waals surface area contributed by atoms with Gasteiger partial charge in [0, 0.05) is 37.0 Å². The Kier molecular flexibility index (Phi) is 6.52. The topological polar surface area (TPSA) is 84.0 Å². The number of sulfonamides is 2. The first-order chi connectivity index (χ1) is 15.3. The van der Waals surface area contributed by atoms with E-state index in [1.165, 1.54) is 8.61 Å². The molecule has 0 unspecified atom stereocenters. The van der Waals surface area contributed by atoms with Gasteiger partial charge in [0.25, 0.3) is 0 Å². The van der Waals surface area contributed by atoms with Gasteiger partial charge < -0.3 is 4.74 Å². The van der Waals surface area contributed by atoms with Crippen LogP contribution in [0.4, 0.5) is 0 Å². The highest BCUT2D eigenvalue weighted by Gasteiger charge is 2.34. The van der Waals surface area contributed by atoms with Crippen LogP contribution in [0.25, 0.3) is 10.8 Å². The van der Waals surface area contributed by atoms with Gasteiger partial charge in [-0.05, 0) is 24.6 Å². The number of hydrogen-bond donors (Lipinski definition) is 0. The molecule has 0 amide bonds. The summed E-state index contributed by atoms with van der Waals surface area (Å²) in [5.74, 6) is 0.545. The van der Waals surface area contributed by atoms with E-state index >= 15 is 0 Å². The fraction of sp³-hybridized carbons (Fsp3) is 0.304. The van der Waals surface area contributed by atoms with Crippen molar-refractivity contribution >= 4 is 30.8 Å². The third kappa shape index (κ3) is 4.52.